The van der Waals surface area contributed by atoms with Gasteiger partial charge in [0.05, 0.1) is 13.2 Å². The van der Waals surface area contributed by atoms with Gasteiger partial charge in [-0.15, -0.1) is 0 Å². The fourth-order valence-electron chi connectivity index (χ4n) is 2.31. The summed E-state index contributed by atoms with van der Waals surface area (Å²) < 4.78 is 15.5. The molecule has 0 aromatic heterocycles. The third kappa shape index (κ3) is 17.9. The van der Waals surface area contributed by atoms with Crippen molar-refractivity contribution in [1.82, 2.24) is 10.6 Å². The molecule has 28 heavy (non-hydrogen) atoms. The first kappa shape index (κ1) is 26.5. The first-order valence-corrected chi connectivity index (χ1v) is 10.1. The SMILES string of the molecule is CCC(=O)CCCOCCOCC(=O)NC(CCCCNC(C)(C)C)OC=O. The zero-order valence-corrected chi connectivity index (χ0v) is 17.9. The smallest absolute Gasteiger partial charge is 0.295 e. The first-order valence-electron chi connectivity index (χ1n) is 10.1. The van der Waals surface area contributed by atoms with Gasteiger partial charge in [0.25, 0.3) is 6.47 Å². The highest BCUT2D eigenvalue weighted by atomic mass is 16.5. The Morgan fingerprint density at radius 3 is 2.39 bits per heavy atom. The Balaban J connectivity index is 3.75. The van der Waals surface area contributed by atoms with E-state index in [0.29, 0.717) is 45.4 Å². The van der Waals surface area contributed by atoms with Crippen LogP contribution in [0, 0.1) is 0 Å². The summed E-state index contributed by atoms with van der Waals surface area (Å²) in [6, 6.07) is 0. The van der Waals surface area contributed by atoms with E-state index in [1.165, 1.54) is 0 Å². The minimum atomic E-state index is -0.643. The van der Waals surface area contributed by atoms with Gasteiger partial charge in [-0.05, 0) is 46.6 Å². The molecule has 0 radical (unpaired) electrons. The van der Waals surface area contributed by atoms with Crippen molar-refractivity contribution in [2.75, 3.05) is 33.0 Å². The van der Waals surface area contributed by atoms with Gasteiger partial charge in [-0.3, -0.25) is 14.4 Å². The zero-order chi connectivity index (χ0) is 21.3. The number of amides is 1. The lowest BCUT2D eigenvalue weighted by Crippen LogP contribution is -2.39. The van der Waals surface area contributed by atoms with E-state index in [1.807, 2.05) is 6.92 Å². The highest BCUT2D eigenvalue weighted by molar-refractivity contribution is 5.78. The molecule has 0 aliphatic carbocycles. The average molecular weight is 403 g/mol. The molecule has 2 N–H and O–H groups in total. The van der Waals surface area contributed by atoms with Gasteiger partial charge in [-0.25, -0.2) is 0 Å². The van der Waals surface area contributed by atoms with Gasteiger partial charge in [0.2, 0.25) is 5.91 Å². The Hall–Kier alpha value is -1.51. The quantitative estimate of drug-likeness (QED) is 0.205. The van der Waals surface area contributed by atoms with Crippen LogP contribution in [0.15, 0.2) is 0 Å². The molecule has 0 aromatic carbocycles. The van der Waals surface area contributed by atoms with Crippen LogP contribution in [0.2, 0.25) is 0 Å². The molecule has 0 spiro atoms. The number of Topliss-reactive ketones (excluding diaryl/α,β-unsaturated/α-hetero) is 1. The van der Waals surface area contributed by atoms with E-state index < -0.39 is 6.23 Å². The summed E-state index contributed by atoms with van der Waals surface area (Å²) in [5.41, 5.74) is 0.0703. The van der Waals surface area contributed by atoms with Crippen molar-refractivity contribution in [3.63, 3.8) is 0 Å². The fraction of sp³-hybridized carbons (Fsp3) is 0.850. The second-order valence-electron chi connectivity index (χ2n) is 7.62. The maximum absolute atomic E-state index is 11.9. The number of rotatable bonds is 18. The number of carbonyl (C=O) groups is 3. The lowest BCUT2D eigenvalue weighted by molar-refractivity contribution is -0.140. The number of hydrogen-bond donors (Lipinski definition) is 2. The Bertz CT molecular complexity index is 437. The third-order valence-corrected chi connectivity index (χ3v) is 3.83. The molecular weight excluding hydrogens is 364 g/mol. The highest BCUT2D eigenvalue weighted by Gasteiger charge is 2.13. The van der Waals surface area contributed by atoms with Gasteiger partial charge in [0.1, 0.15) is 12.4 Å². The minimum Gasteiger partial charge on any atom is -0.444 e. The van der Waals surface area contributed by atoms with Crippen LogP contribution >= 0.6 is 0 Å². The number of unbranched alkanes of at least 4 members (excludes halogenated alkanes) is 1. The van der Waals surface area contributed by atoms with Crippen molar-refractivity contribution < 1.29 is 28.6 Å². The van der Waals surface area contributed by atoms with E-state index in [0.717, 1.165) is 19.4 Å². The maximum atomic E-state index is 11.9. The summed E-state index contributed by atoms with van der Waals surface area (Å²) in [6.45, 7) is 10.4. The van der Waals surface area contributed by atoms with E-state index in [4.69, 9.17) is 14.2 Å². The molecule has 0 fully saturated rings. The number of carbonyl (C=O) groups excluding carboxylic acids is 3. The van der Waals surface area contributed by atoms with Crippen LogP contribution in [-0.2, 0) is 28.6 Å². The Kier molecular flexibility index (Phi) is 15.6. The summed E-state index contributed by atoms with van der Waals surface area (Å²) in [6.07, 6.45) is 3.43. The summed E-state index contributed by atoms with van der Waals surface area (Å²) >= 11 is 0. The summed E-state index contributed by atoms with van der Waals surface area (Å²) in [5, 5.41) is 6.02. The molecule has 1 amide bonds. The zero-order valence-electron chi connectivity index (χ0n) is 17.9. The molecule has 0 saturated carbocycles. The number of hydrogen-bond acceptors (Lipinski definition) is 7. The molecule has 0 saturated heterocycles. The Morgan fingerprint density at radius 1 is 1.04 bits per heavy atom. The van der Waals surface area contributed by atoms with Crippen LogP contribution in [-0.4, -0.2) is 62.9 Å². The van der Waals surface area contributed by atoms with Gasteiger partial charge in [0.15, 0.2) is 6.23 Å². The molecule has 0 rings (SSSR count). The van der Waals surface area contributed by atoms with Crippen LogP contribution < -0.4 is 10.6 Å². The topological polar surface area (TPSA) is 103 Å². The van der Waals surface area contributed by atoms with Crippen molar-refractivity contribution in [1.29, 1.82) is 0 Å². The van der Waals surface area contributed by atoms with Gasteiger partial charge in [0, 0.05) is 31.4 Å². The Labute approximate surface area is 169 Å². The molecular formula is C20H38N2O6. The summed E-state index contributed by atoms with van der Waals surface area (Å²) in [5.74, 6) is -0.109. The molecule has 0 aliphatic rings. The third-order valence-electron chi connectivity index (χ3n) is 3.83. The van der Waals surface area contributed by atoms with Crippen LogP contribution in [0.25, 0.3) is 0 Å². The Morgan fingerprint density at radius 2 is 1.75 bits per heavy atom. The summed E-state index contributed by atoms with van der Waals surface area (Å²) in [4.78, 5) is 33.6. The number of ether oxygens (including phenoxy) is 3. The molecule has 164 valence electrons. The van der Waals surface area contributed by atoms with E-state index in [1.54, 1.807) is 0 Å². The minimum absolute atomic E-state index is 0.0703. The van der Waals surface area contributed by atoms with E-state index in [-0.39, 0.29) is 30.4 Å². The molecule has 1 atom stereocenters. The normalized spacial score (nSPS) is 12.4. The van der Waals surface area contributed by atoms with Gasteiger partial charge >= 0.3 is 0 Å². The maximum Gasteiger partial charge on any atom is 0.295 e. The van der Waals surface area contributed by atoms with Gasteiger partial charge < -0.3 is 24.8 Å². The van der Waals surface area contributed by atoms with Crippen molar-refractivity contribution >= 4 is 18.2 Å². The molecule has 0 aliphatic heterocycles. The monoisotopic (exact) mass is 402 g/mol. The van der Waals surface area contributed by atoms with E-state index >= 15 is 0 Å². The van der Waals surface area contributed by atoms with Crippen molar-refractivity contribution in [2.24, 2.45) is 0 Å². The molecule has 1 unspecified atom stereocenters. The molecule has 0 aromatic rings. The second kappa shape index (κ2) is 16.4. The second-order valence-corrected chi connectivity index (χ2v) is 7.62. The predicted octanol–water partition coefficient (Wildman–Crippen LogP) is 1.95. The molecule has 0 heterocycles. The van der Waals surface area contributed by atoms with Gasteiger partial charge in [-0.1, -0.05) is 6.92 Å². The predicted molar refractivity (Wildman–Crippen MR) is 107 cm³/mol. The van der Waals surface area contributed by atoms with Crippen LogP contribution in [0.5, 0.6) is 0 Å². The van der Waals surface area contributed by atoms with Crippen LogP contribution in [0.4, 0.5) is 0 Å². The molecule has 8 nitrogen and oxygen atoms in total. The van der Waals surface area contributed by atoms with E-state index in [9.17, 15) is 14.4 Å². The van der Waals surface area contributed by atoms with Gasteiger partial charge in [-0.2, -0.15) is 0 Å². The van der Waals surface area contributed by atoms with E-state index in [2.05, 4.69) is 31.4 Å². The lowest BCUT2D eigenvalue weighted by Gasteiger charge is -2.21. The molecule has 8 heteroatoms. The first-order chi connectivity index (χ1) is 13.3. The van der Waals surface area contributed by atoms with Crippen LogP contribution in [0.3, 0.4) is 0 Å². The molecule has 0 bridgehead atoms. The standard InChI is InChI=1S/C20H38N2O6/c1-5-17(24)9-8-12-26-13-14-27-15-18(25)22-19(28-16-23)10-6-7-11-21-20(2,3)4/h16,19,21H,5-15H2,1-4H3,(H,22,25). The summed E-state index contributed by atoms with van der Waals surface area (Å²) in [7, 11) is 0. The average Bonchev–Trinajstić information content (AvgIpc) is 2.62. The van der Waals surface area contributed by atoms with Crippen molar-refractivity contribution in [3.8, 4) is 0 Å². The lowest BCUT2D eigenvalue weighted by atomic mass is 10.1. The van der Waals surface area contributed by atoms with Crippen molar-refractivity contribution in [2.45, 2.75) is 78.0 Å². The van der Waals surface area contributed by atoms with Crippen LogP contribution in [0.1, 0.15) is 66.2 Å². The number of nitrogens with one attached hydrogen (secondary N) is 2. The fourth-order valence-corrected chi connectivity index (χ4v) is 2.31. The largest absolute Gasteiger partial charge is 0.444 e. The number of ketones is 1. The van der Waals surface area contributed by atoms with Crippen molar-refractivity contribution in [3.05, 3.63) is 0 Å². The highest BCUT2D eigenvalue weighted by Crippen LogP contribution is 2.04.